The lowest BCUT2D eigenvalue weighted by Gasteiger charge is -2.19. The van der Waals surface area contributed by atoms with E-state index in [-0.39, 0.29) is 23.8 Å². The fourth-order valence-corrected chi connectivity index (χ4v) is 3.97. The first-order valence-corrected chi connectivity index (χ1v) is 11.4. The normalized spacial score (nSPS) is 24.9. The lowest BCUT2D eigenvalue weighted by Crippen LogP contribution is -2.29. The molecule has 0 saturated heterocycles. The van der Waals surface area contributed by atoms with Gasteiger partial charge in [-0.05, 0) is 58.3 Å². The summed E-state index contributed by atoms with van der Waals surface area (Å²) in [6.07, 6.45) is 16.7. The number of amides is 1. The molecule has 0 aromatic rings. The van der Waals surface area contributed by atoms with Crippen molar-refractivity contribution in [2.75, 3.05) is 13.7 Å². The second-order valence-electron chi connectivity index (χ2n) is 8.56. The molecule has 168 valence electrons. The number of rotatable bonds is 15. The third-order valence-electron chi connectivity index (χ3n) is 5.54. The molecule has 1 rings (SSSR count). The maximum absolute atomic E-state index is 11.6. The predicted octanol–water partition coefficient (Wildman–Crippen LogP) is 4.14. The molecule has 0 radical (unpaired) electrons. The molecule has 3 N–H and O–H groups in total. The van der Waals surface area contributed by atoms with Crippen molar-refractivity contribution in [3.05, 3.63) is 24.3 Å². The quantitative estimate of drug-likeness (QED) is 0.281. The van der Waals surface area contributed by atoms with Crippen LogP contribution in [0.2, 0.25) is 0 Å². The molecular weight excluding hydrogens is 366 g/mol. The van der Waals surface area contributed by atoms with Crippen LogP contribution in [0.1, 0.15) is 78.1 Å². The summed E-state index contributed by atoms with van der Waals surface area (Å²) in [4.78, 5) is 11.6. The molecule has 29 heavy (non-hydrogen) atoms. The van der Waals surface area contributed by atoms with Crippen LogP contribution in [0.15, 0.2) is 24.3 Å². The number of ether oxygens (including phenoxy) is 1. The van der Waals surface area contributed by atoms with Gasteiger partial charge in [0, 0.05) is 38.5 Å². The molecule has 4 atom stereocenters. The van der Waals surface area contributed by atoms with Gasteiger partial charge in [-0.3, -0.25) is 4.79 Å². The van der Waals surface area contributed by atoms with Gasteiger partial charge in [0.15, 0.2) is 0 Å². The smallest absolute Gasteiger partial charge is 0.220 e. The minimum absolute atomic E-state index is 0.0277. The predicted molar refractivity (Wildman–Crippen MR) is 119 cm³/mol. The van der Waals surface area contributed by atoms with Crippen molar-refractivity contribution in [3.8, 4) is 0 Å². The zero-order valence-electron chi connectivity index (χ0n) is 18.7. The molecule has 0 aromatic carbocycles. The Morgan fingerprint density at radius 1 is 1.03 bits per heavy atom. The minimum Gasteiger partial charge on any atom is -0.393 e. The summed E-state index contributed by atoms with van der Waals surface area (Å²) in [5.41, 5.74) is 0. The lowest BCUT2D eigenvalue weighted by atomic mass is 9.89. The van der Waals surface area contributed by atoms with Crippen LogP contribution < -0.4 is 5.32 Å². The van der Waals surface area contributed by atoms with Crippen LogP contribution in [-0.4, -0.2) is 48.1 Å². The number of unbranched alkanes of at least 4 members (excludes halogenated alkanes) is 5. The number of aliphatic hydroxyl groups is 2. The first-order chi connectivity index (χ1) is 14.0. The number of aliphatic hydroxyl groups excluding tert-OH is 2. The maximum atomic E-state index is 11.6. The van der Waals surface area contributed by atoms with E-state index in [2.05, 4.69) is 29.6 Å². The number of allylic oxidation sites excluding steroid dienone is 3. The molecule has 1 aliphatic rings. The Labute approximate surface area is 177 Å². The Kier molecular flexibility index (Phi) is 14.0. The highest BCUT2D eigenvalue weighted by atomic mass is 16.5. The molecule has 1 aliphatic carbocycles. The van der Waals surface area contributed by atoms with Crippen molar-refractivity contribution >= 4 is 5.91 Å². The molecule has 1 fully saturated rings. The Hall–Kier alpha value is -1.17. The van der Waals surface area contributed by atoms with Gasteiger partial charge in [0.05, 0.1) is 12.2 Å². The van der Waals surface area contributed by atoms with Crippen LogP contribution in [0.25, 0.3) is 0 Å². The van der Waals surface area contributed by atoms with Crippen molar-refractivity contribution in [1.29, 1.82) is 0 Å². The molecule has 0 aromatic heterocycles. The molecule has 0 heterocycles. The molecule has 1 unspecified atom stereocenters. The first kappa shape index (κ1) is 25.9. The van der Waals surface area contributed by atoms with Crippen molar-refractivity contribution < 1.29 is 19.7 Å². The Morgan fingerprint density at radius 2 is 1.76 bits per heavy atom. The van der Waals surface area contributed by atoms with Crippen molar-refractivity contribution in [2.45, 2.75) is 96.3 Å². The minimum atomic E-state index is -0.457. The van der Waals surface area contributed by atoms with E-state index in [0.717, 1.165) is 45.1 Å². The largest absolute Gasteiger partial charge is 0.393 e. The van der Waals surface area contributed by atoms with E-state index in [9.17, 15) is 15.0 Å². The van der Waals surface area contributed by atoms with Gasteiger partial charge in [-0.15, -0.1) is 0 Å². The van der Waals surface area contributed by atoms with Crippen LogP contribution in [0.5, 0.6) is 0 Å². The van der Waals surface area contributed by atoms with Gasteiger partial charge in [0.2, 0.25) is 5.91 Å². The van der Waals surface area contributed by atoms with E-state index in [1.165, 1.54) is 12.8 Å². The molecule has 0 aliphatic heterocycles. The number of nitrogens with one attached hydrogen (secondary N) is 1. The fraction of sp³-hybridized carbons (Fsp3) is 0.792. The van der Waals surface area contributed by atoms with Crippen molar-refractivity contribution in [3.63, 3.8) is 0 Å². The van der Waals surface area contributed by atoms with Crippen molar-refractivity contribution in [1.82, 2.24) is 5.32 Å². The van der Waals surface area contributed by atoms with E-state index in [1.807, 2.05) is 13.8 Å². The fourth-order valence-electron chi connectivity index (χ4n) is 3.97. The lowest BCUT2D eigenvalue weighted by molar-refractivity contribution is -0.121. The molecule has 5 nitrogen and oxygen atoms in total. The second kappa shape index (κ2) is 15.6. The van der Waals surface area contributed by atoms with Crippen LogP contribution in [0.4, 0.5) is 0 Å². The summed E-state index contributed by atoms with van der Waals surface area (Å²) >= 11 is 0. The average molecular weight is 410 g/mol. The van der Waals surface area contributed by atoms with Gasteiger partial charge in [-0.25, -0.2) is 0 Å². The van der Waals surface area contributed by atoms with Gasteiger partial charge in [0.25, 0.3) is 0 Å². The number of carbonyl (C=O) groups excluding carboxylic acids is 1. The van der Waals surface area contributed by atoms with Crippen molar-refractivity contribution in [2.24, 2.45) is 11.8 Å². The summed E-state index contributed by atoms with van der Waals surface area (Å²) in [5, 5.41) is 23.5. The van der Waals surface area contributed by atoms with Crippen LogP contribution in [0, 0.1) is 11.8 Å². The Morgan fingerprint density at radius 3 is 2.48 bits per heavy atom. The van der Waals surface area contributed by atoms with Gasteiger partial charge in [-0.2, -0.15) is 0 Å². The van der Waals surface area contributed by atoms with E-state index in [0.29, 0.717) is 12.8 Å². The molecule has 0 spiro atoms. The highest BCUT2D eigenvalue weighted by Gasteiger charge is 2.39. The van der Waals surface area contributed by atoms with E-state index in [1.54, 1.807) is 7.11 Å². The van der Waals surface area contributed by atoms with Crippen LogP contribution in [-0.2, 0) is 9.53 Å². The molecule has 5 heteroatoms. The van der Waals surface area contributed by atoms with Crippen LogP contribution in [0.3, 0.4) is 0 Å². The summed E-state index contributed by atoms with van der Waals surface area (Å²) in [6, 6.07) is 0.189. The molecule has 1 amide bonds. The summed E-state index contributed by atoms with van der Waals surface area (Å²) in [5.74, 6) is 0.204. The second-order valence-corrected chi connectivity index (χ2v) is 8.56. The Balaban J connectivity index is 2.29. The number of hydrogen-bond donors (Lipinski definition) is 3. The SMILES string of the molecule is COCCCCCC/C=C/[C@@H]1C(C/C=C\CCCC(=O)NC(C)C)[C@@H](O)C[C@H]1O. The first-order valence-electron chi connectivity index (χ1n) is 11.4. The van der Waals surface area contributed by atoms with E-state index < -0.39 is 12.2 Å². The highest BCUT2D eigenvalue weighted by molar-refractivity contribution is 5.76. The van der Waals surface area contributed by atoms with Crippen LogP contribution >= 0.6 is 0 Å². The third-order valence-corrected chi connectivity index (χ3v) is 5.54. The number of methoxy groups -OCH3 is 1. The van der Waals surface area contributed by atoms with Gasteiger partial charge in [-0.1, -0.05) is 37.1 Å². The highest BCUT2D eigenvalue weighted by Crippen LogP contribution is 2.36. The summed E-state index contributed by atoms with van der Waals surface area (Å²) < 4.78 is 5.06. The Bertz CT molecular complexity index is 489. The molecule has 0 bridgehead atoms. The average Bonchev–Trinajstić information content (AvgIpc) is 2.92. The zero-order chi connectivity index (χ0) is 21.5. The summed E-state index contributed by atoms with van der Waals surface area (Å²) in [7, 11) is 1.74. The van der Waals surface area contributed by atoms with E-state index >= 15 is 0 Å². The third kappa shape index (κ3) is 11.6. The summed E-state index contributed by atoms with van der Waals surface area (Å²) in [6.45, 7) is 4.77. The van der Waals surface area contributed by atoms with Gasteiger partial charge in [0.1, 0.15) is 0 Å². The topological polar surface area (TPSA) is 78.8 Å². The molecular formula is C24H43NO4. The number of hydrogen-bond acceptors (Lipinski definition) is 4. The number of carbonyl (C=O) groups is 1. The standard InChI is InChI=1S/C24H43NO4/c1-19(2)25-24(28)16-12-8-7-11-15-21-20(22(26)18-23(21)27)14-10-6-4-5-9-13-17-29-3/h7,10-11,14,19-23,26-27H,4-6,8-9,12-13,15-18H2,1-3H3,(H,25,28)/b11-7-,14-10+/t20-,21?,22-,23+/m1/s1. The van der Waals surface area contributed by atoms with Gasteiger partial charge < -0.3 is 20.3 Å². The molecule has 1 saturated carbocycles. The van der Waals surface area contributed by atoms with Gasteiger partial charge >= 0.3 is 0 Å². The maximum Gasteiger partial charge on any atom is 0.220 e. The van der Waals surface area contributed by atoms with E-state index in [4.69, 9.17) is 4.74 Å². The monoisotopic (exact) mass is 409 g/mol. The zero-order valence-corrected chi connectivity index (χ0v) is 18.7.